The van der Waals surface area contributed by atoms with Crippen LogP contribution < -0.4 is 10.9 Å². The zero-order valence-electron chi connectivity index (χ0n) is 19.7. The molecule has 7 nitrogen and oxygen atoms in total. The molecule has 0 radical (unpaired) electrons. The van der Waals surface area contributed by atoms with E-state index in [2.05, 4.69) is 50.4 Å². The summed E-state index contributed by atoms with van der Waals surface area (Å²) in [5.41, 5.74) is 2.57. The Hall–Kier alpha value is -3.03. The number of nitrogens with zero attached hydrogens (tertiary/aromatic N) is 4. The molecule has 1 saturated heterocycles. The molecule has 178 valence electrons. The van der Waals surface area contributed by atoms with Crippen molar-refractivity contribution in [2.75, 3.05) is 39.3 Å². The van der Waals surface area contributed by atoms with Gasteiger partial charge in [-0.2, -0.15) is 0 Å². The molecule has 2 aliphatic rings. The van der Waals surface area contributed by atoms with Crippen LogP contribution in [-0.2, 0) is 19.5 Å². The monoisotopic (exact) mass is 459 g/mol. The number of aromatic nitrogens is 2. The van der Waals surface area contributed by atoms with E-state index in [1.54, 1.807) is 22.8 Å². The second kappa shape index (κ2) is 10.5. The van der Waals surface area contributed by atoms with Crippen molar-refractivity contribution >= 4 is 16.8 Å². The van der Waals surface area contributed by atoms with E-state index in [1.807, 2.05) is 0 Å². The van der Waals surface area contributed by atoms with E-state index in [1.165, 1.54) is 5.56 Å². The van der Waals surface area contributed by atoms with Gasteiger partial charge in [-0.3, -0.25) is 19.1 Å². The number of hydrogen-bond donors (Lipinski definition) is 1. The van der Waals surface area contributed by atoms with Gasteiger partial charge in [0.2, 0.25) is 0 Å². The third kappa shape index (κ3) is 5.21. The van der Waals surface area contributed by atoms with Gasteiger partial charge in [0.25, 0.3) is 11.5 Å². The van der Waals surface area contributed by atoms with E-state index in [-0.39, 0.29) is 11.5 Å². The van der Waals surface area contributed by atoms with Crippen LogP contribution in [0.4, 0.5) is 0 Å². The highest BCUT2D eigenvalue weighted by atomic mass is 16.1. The first kappa shape index (κ1) is 22.7. The van der Waals surface area contributed by atoms with Gasteiger partial charge < -0.3 is 10.2 Å². The first-order valence-electron chi connectivity index (χ1n) is 12.5. The molecule has 0 unspecified atom stereocenters. The van der Waals surface area contributed by atoms with Crippen LogP contribution in [0.15, 0.2) is 53.3 Å². The minimum Gasteiger partial charge on any atom is -0.352 e. The topological polar surface area (TPSA) is 70.5 Å². The van der Waals surface area contributed by atoms with Crippen molar-refractivity contribution in [1.82, 2.24) is 24.7 Å². The highest BCUT2D eigenvalue weighted by Gasteiger charge is 2.18. The molecule has 1 aromatic heterocycles. The molecule has 7 heteroatoms. The van der Waals surface area contributed by atoms with Gasteiger partial charge in [-0.1, -0.05) is 30.3 Å². The fraction of sp³-hybridized carbons (Fsp3) is 0.444. The maximum Gasteiger partial charge on any atom is 0.261 e. The van der Waals surface area contributed by atoms with Crippen LogP contribution in [0, 0.1) is 0 Å². The van der Waals surface area contributed by atoms with E-state index in [0.29, 0.717) is 23.0 Å². The Bertz CT molecular complexity index is 1200. The predicted octanol–water partition coefficient (Wildman–Crippen LogP) is 2.67. The molecule has 5 rings (SSSR count). The van der Waals surface area contributed by atoms with Crippen molar-refractivity contribution in [3.63, 3.8) is 0 Å². The zero-order valence-corrected chi connectivity index (χ0v) is 19.7. The molecule has 3 heterocycles. The number of rotatable bonds is 7. The van der Waals surface area contributed by atoms with E-state index >= 15 is 0 Å². The van der Waals surface area contributed by atoms with Crippen LogP contribution >= 0.6 is 0 Å². The molecule has 0 saturated carbocycles. The molecule has 1 fully saturated rings. The summed E-state index contributed by atoms with van der Waals surface area (Å²) < 4.78 is 1.78. The Balaban J connectivity index is 1.08. The quantitative estimate of drug-likeness (QED) is 0.550. The molecule has 1 N–H and O–H groups in total. The van der Waals surface area contributed by atoms with E-state index in [0.717, 1.165) is 77.3 Å². The van der Waals surface area contributed by atoms with Gasteiger partial charge in [0, 0.05) is 57.8 Å². The third-order valence-electron chi connectivity index (χ3n) is 6.98. The molecule has 0 atom stereocenters. The van der Waals surface area contributed by atoms with Crippen molar-refractivity contribution < 1.29 is 4.79 Å². The Labute approximate surface area is 200 Å². The van der Waals surface area contributed by atoms with E-state index in [9.17, 15) is 9.59 Å². The summed E-state index contributed by atoms with van der Waals surface area (Å²) in [6.07, 6.45) is 3.82. The second-order valence-corrected chi connectivity index (χ2v) is 9.39. The fourth-order valence-corrected chi connectivity index (χ4v) is 5.00. The summed E-state index contributed by atoms with van der Waals surface area (Å²) in [4.78, 5) is 35.1. The van der Waals surface area contributed by atoms with E-state index < -0.39 is 0 Å². The Morgan fingerprint density at radius 1 is 0.941 bits per heavy atom. The maximum absolute atomic E-state index is 12.7. The van der Waals surface area contributed by atoms with Crippen LogP contribution in [-0.4, -0.2) is 64.5 Å². The average Bonchev–Trinajstić information content (AvgIpc) is 2.88. The fourth-order valence-electron chi connectivity index (χ4n) is 5.00. The molecule has 2 aromatic carbocycles. The molecular weight excluding hydrogens is 426 g/mol. The first-order chi connectivity index (χ1) is 16.7. The lowest BCUT2D eigenvalue weighted by atomic mass is 10.1. The van der Waals surface area contributed by atoms with Crippen LogP contribution in [0.3, 0.4) is 0 Å². The molecule has 34 heavy (non-hydrogen) atoms. The third-order valence-corrected chi connectivity index (χ3v) is 6.98. The number of piperazine rings is 1. The number of aryl methyl sites for hydroxylation is 1. The van der Waals surface area contributed by atoms with Gasteiger partial charge in [-0.25, -0.2) is 4.98 Å². The first-order valence-corrected chi connectivity index (χ1v) is 12.5. The van der Waals surface area contributed by atoms with Gasteiger partial charge in [0.1, 0.15) is 5.82 Å². The molecular formula is C27H33N5O2. The summed E-state index contributed by atoms with van der Waals surface area (Å²) in [7, 11) is 0. The molecule has 0 aliphatic carbocycles. The largest absolute Gasteiger partial charge is 0.352 e. The predicted molar refractivity (Wildman–Crippen MR) is 134 cm³/mol. The smallest absolute Gasteiger partial charge is 0.261 e. The number of carbonyl (C=O) groups is 1. The second-order valence-electron chi connectivity index (χ2n) is 9.39. The minimum atomic E-state index is -0.103. The number of hydrogen-bond acceptors (Lipinski definition) is 5. The van der Waals surface area contributed by atoms with E-state index in [4.69, 9.17) is 0 Å². The van der Waals surface area contributed by atoms with Crippen LogP contribution in [0.2, 0.25) is 0 Å². The van der Waals surface area contributed by atoms with Gasteiger partial charge in [0.15, 0.2) is 0 Å². The Morgan fingerprint density at radius 2 is 1.74 bits per heavy atom. The van der Waals surface area contributed by atoms with Crippen molar-refractivity contribution in [2.45, 2.75) is 38.8 Å². The molecule has 0 bridgehead atoms. The minimum absolute atomic E-state index is 0.00974. The van der Waals surface area contributed by atoms with Gasteiger partial charge in [0.05, 0.1) is 10.9 Å². The lowest BCUT2D eigenvalue weighted by Crippen LogP contribution is -2.46. The Morgan fingerprint density at radius 3 is 2.56 bits per heavy atom. The molecule has 2 aliphatic heterocycles. The van der Waals surface area contributed by atoms with Crippen LogP contribution in [0.1, 0.15) is 41.0 Å². The van der Waals surface area contributed by atoms with Crippen molar-refractivity contribution in [3.05, 3.63) is 75.8 Å². The summed E-state index contributed by atoms with van der Waals surface area (Å²) in [6, 6.07) is 15.9. The highest BCUT2D eigenvalue weighted by molar-refractivity contribution is 5.97. The summed E-state index contributed by atoms with van der Waals surface area (Å²) in [5.74, 6) is 0.736. The lowest BCUT2D eigenvalue weighted by Gasteiger charge is -2.34. The Kier molecular flexibility index (Phi) is 7.02. The number of benzene rings is 2. The maximum atomic E-state index is 12.7. The molecule has 1 amide bonds. The summed E-state index contributed by atoms with van der Waals surface area (Å²) >= 11 is 0. The standard InChI is InChI=1S/C27H33N5O2/c33-26(22-10-11-23-24(19-22)29-25-9-4-5-14-32(25)27(23)34)28-12-6-13-30-15-17-31(18-16-30)20-21-7-2-1-3-8-21/h1-3,7-8,10-11,19H,4-6,9,12-18,20H2,(H,28,33). The van der Waals surface area contributed by atoms with Crippen LogP contribution in [0.25, 0.3) is 10.9 Å². The SMILES string of the molecule is O=C(NCCCN1CCN(Cc2ccccc2)CC1)c1ccc2c(=O)n3c(nc2c1)CCCC3. The summed E-state index contributed by atoms with van der Waals surface area (Å²) in [6.45, 7) is 7.67. The van der Waals surface area contributed by atoms with Crippen molar-refractivity contribution in [1.29, 1.82) is 0 Å². The summed E-state index contributed by atoms with van der Waals surface area (Å²) in [5, 5.41) is 3.63. The number of fused-ring (bicyclic) bond motifs is 2. The highest BCUT2D eigenvalue weighted by Crippen LogP contribution is 2.16. The van der Waals surface area contributed by atoms with Crippen LogP contribution in [0.5, 0.6) is 0 Å². The zero-order chi connectivity index (χ0) is 23.3. The average molecular weight is 460 g/mol. The van der Waals surface area contributed by atoms with Crippen molar-refractivity contribution in [3.8, 4) is 0 Å². The number of amides is 1. The number of carbonyl (C=O) groups excluding carboxylic acids is 1. The normalized spacial score (nSPS) is 16.9. The molecule has 3 aromatic rings. The van der Waals surface area contributed by atoms with Gasteiger partial charge >= 0.3 is 0 Å². The number of nitrogens with one attached hydrogen (secondary N) is 1. The van der Waals surface area contributed by atoms with Gasteiger partial charge in [-0.15, -0.1) is 0 Å². The molecule has 0 spiro atoms. The lowest BCUT2D eigenvalue weighted by molar-refractivity contribution is 0.0947. The van der Waals surface area contributed by atoms with Gasteiger partial charge in [-0.05, 0) is 49.6 Å². The van der Waals surface area contributed by atoms with Crippen molar-refractivity contribution in [2.24, 2.45) is 0 Å².